The topological polar surface area (TPSA) is 82.9 Å². The Bertz CT molecular complexity index is 788. The number of amides is 2. The van der Waals surface area contributed by atoms with Crippen LogP contribution in [-0.4, -0.2) is 23.2 Å². The molecule has 0 aromatic heterocycles. The molecule has 6 heteroatoms. The van der Waals surface area contributed by atoms with Crippen molar-refractivity contribution in [2.24, 2.45) is 10.2 Å². The largest absolute Gasteiger partial charge is 0.273 e. The van der Waals surface area contributed by atoms with Crippen molar-refractivity contribution >= 4 is 23.2 Å². The molecule has 0 saturated carbocycles. The van der Waals surface area contributed by atoms with Crippen LogP contribution in [0.2, 0.25) is 0 Å². The highest BCUT2D eigenvalue weighted by atomic mass is 16.2. The summed E-state index contributed by atoms with van der Waals surface area (Å²) in [6.07, 6.45) is 2.99. The molecule has 0 unspecified atom stereocenters. The van der Waals surface area contributed by atoms with Crippen LogP contribution in [0.5, 0.6) is 0 Å². The zero-order valence-corrected chi connectivity index (χ0v) is 17.7. The van der Waals surface area contributed by atoms with Gasteiger partial charge in [0.05, 0.1) is 0 Å². The van der Waals surface area contributed by atoms with Gasteiger partial charge in [0.2, 0.25) is 11.8 Å². The van der Waals surface area contributed by atoms with E-state index in [4.69, 9.17) is 0 Å². The van der Waals surface area contributed by atoms with Gasteiger partial charge in [-0.2, -0.15) is 10.2 Å². The van der Waals surface area contributed by atoms with E-state index < -0.39 is 0 Å². The summed E-state index contributed by atoms with van der Waals surface area (Å²) in [6.45, 7) is 4.00. The zero-order chi connectivity index (χ0) is 21.6. The van der Waals surface area contributed by atoms with Crippen molar-refractivity contribution in [3.05, 3.63) is 71.8 Å². The van der Waals surface area contributed by atoms with Crippen molar-refractivity contribution in [2.75, 3.05) is 0 Å². The molecule has 0 spiro atoms. The molecule has 0 bridgehead atoms. The van der Waals surface area contributed by atoms with Crippen molar-refractivity contribution in [3.63, 3.8) is 0 Å². The standard InChI is InChI=1S/C24H30N4O2/c1-3-21(17-19-11-7-5-8-12-19)25-27-23(29)15-16-24(30)28-26-22(4-2)18-20-13-9-6-10-14-20/h5-14H,3-4,15-18H2,1-2H3,(H,27,29)(H,28,30)/b25-21+,26-22+. The maximum Gasteiger partial charge on any atom is 0.240 e. The Morgan fingerprint density at radius 2 is 1.03 bits per heavy atom. The Labute approximate surface area is 178 Å². The molecular weight excluding hydrogens is 376 g/mol. The van der Waals surface area contributed by atoms with Gasteiger partial charge in [0.25, 0.3) is 0 Å². The van der Waals surface area contributed by atoms with E-state index in [0.29, 0.717) is 12.8 Å². The van der Waals surface area contributed by atoms with Gasteiger partial charge in [-0.3, -0.25) is 9.59 Å². The molecule has 2 aromatic rings. The second-order valence-corrected chi connectivity index (χ2v) is 6.96. The number of carbonyl (C=O) groups excluding carboxylic acids is 2. The number of hydrogen-bond acceptors (Lipinski definition) is 4. The molecule has 2 aromatic carbocycles. The third-order valence-electron chi connectivity index (χ3n) is 4.57. The summed E-state index contributed by atoms with van der Waals surface area (Å²) in [5.41, 5.74) is 9.17. The minimum atomic E-state index is -0.284. The Morgan fingerprint density at radius 3 is 1.37 bits per heavy atom. The molecule has 0 aliphatic carbocycles. The van der Waals surface area contributed by atoms with Gasteiger partial charge in [-0.25, -0.2) is 10.9 Å². The Morgan fingerprint density at radius 1 is 0.667 bits per heavy atom. The lowest BCUT2D eigenvalue weighted by atomic mass is 10.1. The minimum absolute atomic E-state index is 0.0628. The Kier molecular flexibility index (Phi) is 10.00. The summed E-state index contributed by atoms with van der Waals surface area (Å²) in [5, 5.41) is 8.42. The van der Waals surface area contributed by atoms with Crippen molar-refractivity contribution in [3.8, 4) is 0 Å². The van der Waals surface area contributed by atoms with Crippen LogP contribution in [0, 0.1) is 0 Å². The van der Waals surface area contributed by atoms with Gasteiger partial charge in [-0.05, 0) is 24.0 Å². The minimum Gasteiger partial charge on any atom is -0.273 e. The third-order valence-corrected chi connectivity index (χ3v) is 4.57. The summed E-state index contributed by atoms with van der Waals surface area (Å²) in [5.74, 6) is -0.568. The molecule has 2 amide bonds. The molecule has 158 valence electrons. The molecule has 6 nitrogen and oxygen atoms in total. The smallest absolute Gasteiger partial charge is 0.240 e. The van der Waals surface area contributed by atoms with Crippen molar-refractivity contribution < 1.29 is 9.59 Å². The van der Waals surface area contributed by atoms with Crippen LogP contribution >= 0.6 is 0 Å². The van der Waals surface area contributed by atoms with E-state index in [1.165, 1.54) is 0 Å². The summed E-state index contributed by atoms with van der Waals surface area (Å²) >= 11 is 0. The van der Waals surface area contributed by atoms with Gasteiger partial charge in [0.1, 0.15) is 0 Å². The van der Waals surface area contributed by atoms with Crippen molar-refractivity contribution in [1.82, 2.24) is 10.9 Å². The van der Waals surface area contributed by atoms with Crippen LogP contribution in [-0.2, 0) is 22.4 Å². The monoisotopic (exact) mass is 406 g/mol. The number of carbonyl (C=O) groups is 2. The number of nitrogens with one attached hydrogen (secondary N) is 2. The van der Waals surface area contributed by atoms with Gasteiger partial charge in [-0.15, -0.1) is 0 Å². The predicted octanol–water partition coefficient (Wildman–Crippen LogP) is 4.02. The lowest BCUT2D eigenvalue weighted by molar-refractivity contribution is -0.126. The van der Waals surface area contributed by atoms with Crippen LogP contribution in [0.4, 0.5) is 0 Å². The molecule has 2 rings (SSSR count). The molecule has 30 heavy (non-hydrogen) atoms. The highest BCUT2D eigenvalue weighted by Crippen LogP contribution is 2.04. The first-order chi connectivity index (χ1) is 14.6. The van der Waals surface area contributed by atoms with Gasteiger partial charge in [0, 0.05) is 37.1 Å². The van der Waals surface area contributed by atoms with E-state index >= 15 is 0 Å². The lowest BCUT2D eigenvalue weighted by Gasteiger charge is -2.06. The molecule has 0 atom stereocenters. The predicted molar refractivity (Wildman–Crippen MR) is 121 cm³/mol. The summed E-state index contributed by atoms with van der Waals surface area (Å²) < 4.78 is 0. The molecule has 0 heterocycles. The van der Waals surface area contributed by atoms with E-state index in [2.05, 4.69) is 21.1 Å². The summed E-state index contributed by atoms with van der Waals surface area (Å²) in [7, 11) is 0. The van der Waals surface area contributed by atoms with E-state index in [1.54, 1.807) is 0 Å². The van der Waals surface area contributed by atoms with Crippen LogP contribution in [0.3, 0.4) is 0 Å². The molecule has 0 aliphatic heterocycles. The fourth-order valence-corrected chi connectivity index (χ4v) is 2.77. The van der Waals surface area contributed by atoms with Gasteiger partial charge >= 0.3 is 0 Å². The van der Waals surface area contributed by atoms with E-state index in [-0.39, 0.29) is 24.7 Å². The molecule has 0 saturated heterocycles. The molecular formula is C24H30N4O2. The quantitative estimate of drug-likeness (QED) is 0.436. The first-order valence-electron chi connectivity index (χ1n) is 10.4. The summed E-state index contributed by atoms with van der Waals surface area (Å²) in [6, 6.07) is 20.0. The van der Waals surface area contributed by atoms with Gasteiger partial charge in [-0.1, -0.05) is 74.5 Å². The molecule has 0 radical (unpaired) electrons. The maximum absolute atomic E-state index is 12.0. The maximum atomic E-state index is 12.0. The molecule has 0 fully saturated rings. The van der Waals surface area contributed by atoms with Crippen molar-refractivity contribution in [1.29, 1.82) is 0 Å². The fraction of sp³-hybridized carbons (Fsp3) is 0.333. The molecule has 2 N–H and O–H groups in total. The second-order valence-electron chi connectivity index (χ2n) is 6.96. The first kappa shape index (κ1) is 23.0. The van der Waals surface area contributed by atoms with Crippen LogP contribution in [0.25, 0.3) is 0 Å². The average Bonchev–Trinajstić information content (AvgIpc) is 2.79. The van der Waals surface area contributed by atoms with E-state index in [0.717, 1.165) is 35.4 Å². The fourth-order valence-electron chi connectivity index (χ4n) is 2.77. The number of benzene rings is 2. The Hall–Kier alpha value is -3.28. The van der Waals surface area contributed by atoms with Crippen LogP contribution < -0.4 is 10.9 Å². The average molecular weight is 407 g/mol. The highest BCUT2D eigenvalue weighted by Gasteiger charge is 2.07. The number of rotatable bonds is 11. The lowest BCUT2D eigenvalue weighted by Crippen LogP contribution is -2.24. The van der Waals surface area contributed by atoms with Crippen molar-refractivity contribution in [2.45, 2.75) is 52.4 Å². The second kappa shape index (κ2) is 13.0. The summed E-state index contributed by atoms with van der Waals surface area (Å²) in [4.78, 5) is 24.0. The van der Waals surface area contributed by atoms with E-state index in [1.807, 2.05) is 74.5 Å². The normalized spacial score (nSPS) is 11.8. The SMILES string of the molecule is CC/C(Cc1ccccc1)=N\NC(=O)CCC(=O)N/N=C(\CC)Cc1ccccc1. The Balaban J connectivity index is 1.75. The number of nitrogens with zero attached hydrogens (tertiary/aromatic N) is 2. The third kappa shape index (κ3) is 8.82. The zero-order valence-electron chi connectivity index (χ0n) is 17.7. The van der Waals surface area contributed by atoms with Crippen LogP contribution in [0.1, 0.15) is 50.7 Å². The van der Waals surface area contributed by atoms with E-state index in [9.17, 15) is 9.59 Å². The van der Waals surface area contributed by atoms with Gasteiger partial charge < -0.3 is 0 Å². The molecule has 0 aliphatic rings. The number of hydrazone groups is 2. The highest BCUT2D eigenvalue weighted by molar-refractivity contribution is 5.90. The van der Waals surface area contributed by atoms with Crippen LogP contribution in [0.15, 0.2) is 70.9 Å². The first-order valence-corrected chi connectivity index (χ1v) is 10.4. The number of hydrogen-bond donors (Lipinski definition) is 2. The van der Waals surface area contributed by atoms with Gasteiger partial charge in [0.15, 0.2) is 0 Å².